The lowest BCUT2D eigenvalue weighted by atomic mass is 10.0. The summed E-state index contributed by atoms with van der Waals surface area (Å²) in [6, 6.07) is 24.0. The maximum atomic E-state index is 12.6. The van der Waals surface area contributed by atoms with Crippen LogP contribution in [0.25, 0.3) is 5.82 Å². The molecule has 2 heterocycles. The quantitative estimate of drug-likeness (QED) is 0.222. The zero-order valence-electron chi connectivity index (χ0n) is 23.9. The Morgan fingerprint density at radius 2 is 1.75 bits per heavy atom. The second-order valence-corrected chi connectivity index (χ2v) is 10.2. The van der Waals surface area contributed by atoms with Crippen molar-refractivity contribution < 1.29 is 14.6 Å². The molecule has 7 heteroatoms. The Bertz CT molecular complexity index is 1380. The summed E-state index contributed by atoms with van der Waals surface area (Å²) in [6.07, 6.45) is 2.19. The molecule has 2 atom stereocenters. The first kappa shape index (κ1) is 29.1. The molecule has 2 aromatic carbocycles. The van der Waals surface area contributed by atoms with E-state index in [-0.39, 0.29) is 11.9 Å². The molecule has 0 radical (unpaired) electrons. The van der Waals surface area contributed by atoms with Crippen LogP contribution in [0, 0.1) is 13.8 Å². The summed E-state index contributed by atoms with van der Waals surface area (Å²) in [5.74, 6) is 1.62. The summed E-state index contributed by atoms with van der Waals surface area (Å²) in [6.45, 7) is 9.60. The summed E-state index contributed by atoms with van der Waals surface area (Å²) < 4.78 is 7.74. The van der Waals surface area contributed by atoms with Gasteiger partial charge in [-0.05, 0) is 69.5 Å². The van der Waals surface area contributed by atoms with E-state index in [9.17, 15) is 9.90 Å². The van der Waals surface area contributed by atoms with E-state index in [2.05, 4.69) is 65.2 Å². The number of ether oxygens (including phenoxy) is 1. The van der Waals surface area contributed by atoms with Gasteiger partial charge in [0.15, 0.2) is 0 Å². The third kappa shape index (κ3) is 7.81. The molecule has 2 unspecified atom stereocenters. The number of aliphatic hydroxyl groups excluding tert-OH is 1. The van der Waals surface area contributed by atoms with E-state index in [0.717, 1.165) is 51.6 Å². The second kappa shape index (κ2) is 13.9. The van der Waals surface area contributed by atoms with Gasteiger partial charge in [0.25, 0.3) is 0 Å². The van der Waals surface area contributed by atoms with Crippen molar-refractivity contribution in [1.29, 1.82) is 0 Å². The van der Waals surface area contributed by atoms with Gasteiger partial charge in [-0.25, -0.2) is 4.98 Å². The minimum Gasteiger partial charge on any atom is -0.494 e. The number of hydrogen-bond donors (Lipinski definition) is 3. The number of aliphatic hydroxyl groups is 1. The number of carbonyl (C=O) groups excluding carboxylic acids is 1. The number of carbonyl (C=O) groups is 1. The summed E-state index contributed by atoms with van der Waals surface area (Å²) in [4.78, 5) is 17.2. The third-order valence-electron chi connectivity index (χ3n) is 6.96. The van der Waals surface area contributed by atoms with Crippen LogP contribution >= 0.6 is 0 Å². The lowest BCUT2D eigenvalue weighted by Crippen LogP contribution is -2.32. The molecule has 4 rings (SSSR count). The number of pyridine rings is 1. The maximum absolute atomic E-state index is 12.6. The van der Waals surface area contributed by atoms with Crippen LogP contribution in [0.5, 0.6) is 5.75 Å². The van der Waals surface area contributed by atoms with Gasteiger partial charge in [0, 0.05) is 47.8 Å². The number of hydrogen-bond acceptors (Lipinski definition) is 5. The summed E-state index contributed by atoms with van der Waals surface area (Å²) in [7, 11) is 0. The number of rotatable bonds is 13. The Morgan fingerprint density at radius 3 is 2.48 bits per heavy atom. The molecular weight excluding hydrogens is 500 g/mol. The van der Waals surface area contributed by atoms with Crippen molar-refractivity contribution in [3.8, 4) is 11.6 Å². The average Bonchev–Trinajstić information content (AvgIpc) is 3.29. The van der Waals surface area contributed by atoms with E-state index in [1.165, 1.54) is 0 Å². The smallest absolute Gasteiger partial charge is 0.224 e. The molecule has 4 aromatic rings. The number of para-hydroxylation sites is 1. The predicted molar refractivity (Wildman–Crippen MR) is 159 cm³/mol. The van der Waals surface area contributed by atoms with Crippen molar-refractivity contribution in [1.82, 2.24) is 20.2 Å². The Balaban J connectivity index is 1.25. The Labute approximate surface area is 237 Å². The molecule has 0 aliphatic rings. The van der Waals surface area contributed by atoms with Crippen LogP contribution in [-0.2, 0) is 24.2 Å². The highest BCUT2D eigenvalue weighted by Crippen LogP contribution is 2.19. The van der Waals surface area contributed by atoms with Gasteiger partial charge < -0.3 is 25.0 Å². The summed E-state index contributed by atoms with van der Waals surface area (Å²) in [5, 5.41) is 17.2. The molecular formula is C33H40N4O3. The van der Waals surface area contributed by atoms with Crippen molar-refractivity contribution in [3.05, 3.63) is 113 Å². The van der Waals surface area contributed by atoms with E-state index in [1.54, 1.807) is 6.20 Å². The lowest BCUT2D eigenvalue weighted by molar-refractivity contribution is -0.120. The molecule has 0 saturated carbocycles. The van der Waals surface area contributed by atoms with Crippen LogP contribution < -0.4 is 15.4 Å². The van der Waals surface area contributed by atoms with Gasteiger partial charge in [-0.15, -0.1) is 0 Å². The summed E-state index contributed by atoms with van der Waals surface area (Å²) >= 11 is 0. The molecule has 2 aromatic heterocycles. The van der Waals surface area contributed by atoms with Gasteiger partial charge in [0.05, 0.1) is 19.1 Å². The second-order valence-electron chi connectivity index (χ2n) is 10.2. The Morgan fingerprint density at radius 1 is 1.00 bits per heavy atom. The molecule has 7 nitrogen and oxygen atoms in total. The van der Waals surface area contributed by atoms with Crippen molar-refractivity contribution in [3.63, 3.8) is 0 Å². The first-order valence-corrected chi connectivity index (χ1v) is 13.9. The number of nitrogens with one attached hydrogen (secondary N) is 2. The van der Waals surface area contributed by atoms with Crippen molar-refractivity contribution in [2.45, 2.75) is 59.2 Å². The lowest BCUT2D eigenvalue weighted by Gasteiger charge is -2.18. The highest BCUT2D eigenvalue weighted by atomic mass is 16.5. The SMILES string of the molecule is CCOc1ccccc1CNC(=O)Cc1cccc(CC(C)NCC(O)c2ccc(-n3c(C)ccc3C)nc2)c1. The van der Waals surface area contributed by atoms with Gasteiger partial charge in [0.2, 0.25) is 5.91 Å². The fourth-order valence-corrected chi connectivity index (χ4v) is 4.87. The largest absolute Gasteiger partial charge is 0.494 e. The molecule has 3 N–H and O–H groups in total. The van der Waals surface area contributed by atoms with Crippen LogP contribution in [-0.4, -0.2) is 39.8 Å². The van der Waals surface area contributed by atoms with Crippen molar-refractivity contribution in [2.75, 3.05) is 13.2 Å². The first-order valence-electron chi connectivity index (χ1n) is 13.9. The fraction of sp³-hybridized carbons (Fsp3) is 0.333. The van der Waals surface area contributed by atoms with Gasteiger partial charge in [0.1, 0.15) is 11.6 Å². The van der Waals surface area contributed by atoms with E-state index in [0.29, 0.717) is 26.1 Å². The van der Waals surface area contributed by atoms with Crippen LogP contribution in [0.15, 0.2) is 79.0 Å². The number of benzene rings is 2. The number of aryl methyl sites for hydroxylation is 2. The molecule has 1 amide bonds. The fourth-order valence-electron chi connectivity index (χ4n) is 4.87. The summed E-state index contributed by atoms with van der Waals surface area (Å²) in [5.41, 5.74) is 6.11. The zero-order chi connectivity index (χ0) is 28.5. The van der Waals surface area contributed by atoms with Gasteiger partial charge in [-0.1, -0.05) is 48.5 Å². The van der Waals surface area contributed by atoms with Crippen molar-refractivity contribution in [2.24, 2.45) is 0 Å². The van der Waals surface area contributed by atoms with E-state index >= 15 is 0 Å². The molecule has 0 bridgehead atoms. The molecule has 0 aliphatic carbocycles. The molecule has 0 aliphatic heterocycles. The number of amides is 1. The Kier molecular flexibility index (Phi) is 10.1. The minimum absolute atomic E-state index is 0.0283. The van der Waals surface area contributed by atoms with Crippen LogP contribution in [0.2, 0.25) is 0 Å². The van der Waals surface area contributed by atoms with Crippen LogP contribution in [0.4, 0.5) is 0 Å². The van der Waals surface area contributed by atoms with Gasteiger partial charge in [-0.3, -0.25) is 4.79 Å². The van der Waals surface area contributed by atoms with E-state index in [4.69, 9.17) is 4.74 Å². The highest BCUT2D eigenvalue weighted by molar-refractivity contribution is 5.78. The molecule has 0 spiro atoms. The van der Waals surface area contributed by atoms with Crippen molar-refractivity contribution >= 4 is 5.91 Å². The molecule has 0 saturated heterocycles. The highest BCUT2D eigenvalue weighted by Gasteiger charge is 2.13. The normalized spacial score (nSPS) is 12.6. The first-order chi connectivity index (χ1) is 19.3. The molecule has 210 valence electrons. The van der Waals surface area contributed by atoms with Crippen LogP contribution in [0.1, 0.15) is 53.6 Å². The average molecular weight is 541 g/mol. The number of aromatic nitrogens is 2. The number of nitrogens with zero attached hydrogens (tertiary/aromatic N) is 2. The molecule has 40 heavy (non-hydrogen) atoms. The minimum atomic E-state index is -0.654. The van der Waals surface area contributed by atoms with E-state index < -0.39 is 6.10 Å². The topological polar surface area (TPSA) is 88.4 Å². The third-order valence-corrected chi connectivity index (χ3v) is 6.96. The van der Waals surface area contributed by atoms with Crippen LogP contribution in [0.3, 0.4) is 0 Å². The molecule has 0 fully saturated rings. The standard InChI is InChI=1S/C33H40N4O3/c1-5-40-31-12-7-6-11-29(31)21-36-33(39)19-27-10-8-9-26(18-27)17-23(2)34-22-30(38)28-15-16-32(35-20-28)37-24(3)13-14-25(37)4/h6-16,18,20,23,30,34,38H,5,17,19,21-22H2,1-4H3,(H,36,39). The Hall–Kier alpha value is -3.94. The predicted octanol–water partition coefficient (Wildman–Crippen LogP) is 5.00. The van der Waals surface area contributed by atoms with E-state index in [1.807, 2.05) is 55.5 Å². The monoisotopic (exact) mass is 540 g/mol. The van der Waals surface area contributed by atoms with Gasteiger partial charge in [-0.2, -0.15) is 0 Å². The van der Waals surface area contributed by atoms with Gasteiger partial charge >= 0.3 is 0 Å². The maximum Gasteiger partial charge on any atom is 0.224 e. The zero-order valence-corrected chi connectivity index (χ0v) is 23.9.